The maximum atomic E-state index is 12.5. The Morgan fingerprint density at radius 2 is 2.22 bits per heavy atom. The molecule has 23 heavy (non-hydrogen) atoms. The molecule has 0 spiro atoms. The van der Waals surface area contributed by atoms with E-state index in [1.165, 1.54) is 0 Å². The number of rotatable bonds is 4. The summed E-state index contributed by atoms with van der Waals surface area (Å²) < 4.78 is 0. The first-order chi connectivity index (χ1) is 11.0. The molecule has 0 aliphatic carbocycles. The van der Waals surface area contributed by atoms with Crippen molar-refractivity contribution in [3.8, 4) is 0 Å². The average Bonchev–Trinajstić information content (AvgIpc) is 3.27. The summed E-state index contributed by atoms with van der Waals surface area (Å²) in [6.07, 6.45) is 1.70. The third-order valence-corrected chi connectivity index (χ3v) is 4.69. The zero-order chi connectivity index (χ0) is 16.4. The lowest BCUT2D eigenvalue weighted by atomic mass is 10.1. The summed E-state index contributed by atoms with van der Waals surface area (Å²) in [5, 5.41) is 13.3. The molecule has 126 valence electrons. The lowest BCUT2D eigenvalue weighted by molar-refractivity contribution is -0.125. The molecule has 3 heterocycles. The monoisotopic (exact) mass is 319 g/mol. The number of aromatic nitrogens is 2. The van der Waals surface area contributed by atoms with Crippen molar-refractivity contribution >= 4 is 11.8 Å². The van der Waals surface area contributed by atoms with Crippen LogP contribution in [0.2, 0.25) is 0 Å². The number of nitrogens with one attached hydrogen (secondary N) is 3. The number of hydrogen-bond acceptors (Lipinski definition) is 4. The molecule has 2 atom stereocenters. The predicted molar refractivity (Wildman–Crippen MR) is 86.1 cm³/mol. The van der Waals surface area contributed by atoms with Crippen LogP contribution in [-0.4, -0.2) is 59.1 Å². The molecule has 7 nitrogen and oxygen atoms in total. The van der Waals surface area contributed by atoms with Gasteiger partial charge in [0.15, 0.2) is 0 Å². The van der Waals surface area contributed by atoms with E-state index in [-0.39, 0.29) is 23.8 Å². The van der Waals surface area contributed by atoms with Gasteiger partial charge in [-0.3, -0.25) is 14.7 Å². The van der Waals surface area contributed by atoms with Crippen LogP contribution >= 0.6 is 0 Å². The van der Waals surface area contributed by atoms with Crippen molar-refractivity contribution in [1.29, 1.82) is 0 Å². The minimum Gasteiger partial charge on any atom is -0.351 e. The van der Waals surface area contributed by atoms with Gasteiger partial charge in [0.2, 0.25) is 5.91 Å². The van der Waals surface area contributed by atoms with Crippen LogP contribution < -0.4 is 10.6 Å². The largest absolute Gasteiger partial charge is 0.351 e. The first-order valence-electron chi connectivity index (χ1n) is 8.40. The second-order valence-electron chi connectivity index (χ2n) is 6.80. The van der Waals surface area contributed by atoms with Gasteiger partial charge < -0.3 is 15.5 Å². The molecule has 2 saturated heterocycles. The zero-order valence-electron chi connectivity index (χ0n) is 13.8. The van der Waals surface area contributed by atoms with Crippen molar-refractivity contribution < 1.29 is 9.59 Å². The van der Waals surface area contributed by atoms with Crippen LogP contribution in [0.15, 0.2) is 6.07 Å². The number of hydrogen-bond donors (Lipinski definition) is 3. The van der Waals surface area contributed by atoms with E-state index in [1.807, 2.05) is 6.07 Å². The predicted octanol–water partition coefficient (Wildman–Crippen LogP) is 0.473. The minimum absolute atomic E-state index is 0.0514. The molecule has 1 aromatic heterocycles. The molecule has 0 bridgehead atoms. The van der Waals surface area contributed by atoms with Crippen LogP contribution in [0.1, 0.15) is 48.8 Å². The number of carbonyl (C=O) groups excluding carboxylic acids is 2. The maximum Gasteiger partial charge on any atom is 0.274 e. The fourth-order valence-corrected chi connectivity index (χ4v) is 3.16. The topological polar surface area (TPSA) is 90.1 Å². The number of carbonyl (C=O) groups is 2. The molecular formula is C16H25N5O2. The number of amides is 2. The van der Waals surface area contributed by atoms with Crippen LogP contribution in [0.3, 0.4) is 0 Å². The molecule has 2 fully saturated rings. The van der Waals surface area contributed by atoms with Crippen LogP contribution in [0.5, 0.6) is 0 Å². The smallest absolute Gasteiger partial charge is 0.274 e. The van der Waals surface area contributed by atoms with Crippen molar-refractivity contribution in [2.75, 3.05) is 26.2 Å². The van der Waals surface area contributed by atoms with Gasteiger partial charge in [-0.1, -0.05) is 13.8 Å². The summed E-state index contributed by atoms with van der Waals surface area (Å²) in [5.74, 6) is 0.429. The number of aromatic amines is 1. The van der Waals surface area contributed by atoms with Gasteiger partial charge in [-0.15, -0.1) is 0 Å². The zero-order valence-corrected chi connectivity index (χ0v) is 13.8. The number of nitrogens with zero attached hydrogens (tertiary/aromatic N) is 2. The third kappa shape index (κ3) is 3.55. The molecular weight excluding hydrogens is 294 g/mol. The Hall–Kier alpha value is -1.89. The minimum atomic E-state index is -0.0626. The van der Waals surface area contributed by atoms with Gasteiger partial charge in [0, 0.05) is 31.4 Å². The summed E-state index contributed by atoms with van der Waals surface area (Å²) in [7, 11) is 0. The lowest BCUT2D eigenvalue weighted by Gasteiger charge is -2.17. The lowest BCUT2D eigenvalue weighted by Crippen LogP contribution is -2.41. The number of likely N-dealkylation sites (tertiary alicyclic amines) is 1. The molecule has 0 radical (unpaired) electrons. The van der Waals surface area contributed by atoms with E-state index in [0.29, 0.717) is 24.7 Å². The Morgan fingerprint density at radius 3 is 2.87 bits per heavy atom. The van der Waals surface area contributed by atoms with Gasteiger partial charge in [-0.25, -0.2) is 0 Å². The van der Waals surface area contributed by atoms with Gasteiger partial charge in [-0.05, 0) is 31.4 Å². The third-order valence-electron chi connectivity index (χ3n) is 4.69. The summed E-state index contributed by atoms with van der Waals surface area (Å²) in [5.41, 5.74) is 1.42. The Balaban J connectivity index is 1.54. The van der Waals surface area contributed by atoms with Crippen LogP contribution in [0.25, 0.3) is 0 Å². The molecule has 2 aliphatic rings. The average molecular weight is 319 g/mol. The van der Waals surface area contributed by atoms with E-state index >= 15 is 0 Å². The van der Waals surface area contributed by atoms with Gasteiger partial charge in [0.25, 0.3) is 5.91 Å². The molecule has 3 rings (SSSR count). The second-order valence-corrected chi connectivity index (χ2v) is 6.80. The summed E-state index contributed by atoms with van der Waals surface area (Å²) in [6.45, 7) is 7.00. The summed E-state index contributed by atoms with van der Waals surface area (Å²) in [6, 6.07) is 1.87. The molecule has 2 amide bonds. The highest BCUT2D eigenvalue weighted by molar-refractivity contribution is 5.92. The van der Waals surface area contributed by atoms with E-state index in [9.17, 15) is 9.59 Å². The molecule has 2 unspecified atom stereocenters. The van der Waals surface area contributed by atoms with Gasteiger partial charge >= 0.3 is 0 Å². The highest BCUT2D eigenvalue weighted by Crippen LogP contribution is 2.17. The Bertz CT molecular complexity index is 577. The number of H-pyrrole nitrogens is 1. The molecule has 0 aromatic carbocycles. The molecule has 7 heteroatoms. The fraction of sp³-hybridized carbons (Fsp3) is 0.688. The van der Waals surface area contributed by atoms with Crippen molar-refractivity contribution in [3.63, 3.8) is 0 Å². The molecule has 1 aromatic rings. The van der Waals surface area contributed by atoms with Crippen molar-refractivity contribution in [2.24, 2.45) is 5.92 Å². The maximum absolute atomic E-state index is 12.5. The van der Waals surface area contributed by atoms with Gasteiger partial charge in [-0.2, -0.15) is 5.10 Å². The van der Waals surface area contributed by atoms with E-state index in [4.69, 9.17) is 0 Å². The normalized spacial score (nSPS) is 24.4. The van der Waals surface area contributed by atoms with Crippen LogP contribution in [0.4, 0.5) is 0 Å². The van der Waals surface area contributed by atoms with Crippen molar-refractivity contribution in [3.05, 3.63) is 17.5 Å². The molecule has 3 N–H and O–H groups in total. The second kappa shape index (κ2) is 6.70. The van der Waals surface area contributed by atoms with Crippen molar-refractivity contribution in [1.82, 2.24) is 25.7 Å². The van der Waals surface area contributed by atoms with E-state index in [2.05, 4.69) is 34.7 Å². The van der Waals surface area contributed by atoms with Crippen LogP contribution in [-0.2, 0) is 4.79 Å². The fourth-order valence-electron chi connectivity index (χ4n) is 3.16. The highest BCUT2D eigenvalue weighted by atomic mass is 16.2. The summed E-state index contributed by atoms with van der Waals surface area (Å²) in [4.78, 5) is 26.4. The van der Waals surface area contributed by atoms with Crippen molar-refractivity contribution in [2.45, 2.75) is 38.6 Å². The first kappa shape index (κ1) is 16.0. The first-order valence-corrected chi connectivity index (χ1v) is 8.40. The Labute approximate surface area is 136 Å². The van der Waals surface area contributed by atoms with E-state index < -0.39 is 0 Å². The molecule has 0 saturated carbocycles. The quantitative estimate of drug-likeness (QED) is 0.753. The highest BCUT2D eigenvalue weighted by Gasteiger charge is 2.31. The van der Waals surface area contributed by atoms with E-state index in [1.54, 1.807) is 4.90 Å². The van der Waals surface area contributed by atoms with Crippen LogP contribution in [0, 0.1) is 5.92 Å². The Kier molecular flexibility index (Phi) is 4.66. The standard InChI is InChI=1S/C16H25N5O2/c1-10(2)13-7-14(20-19-13)16(23)21-6-4-12(9-21)18-15(22)11-3-5-17-8-11/h7,10-12,17H,3-6,8-9H2,1-2H3,(H,18,22)(H,19,20). The SMILES string of the molecule is CC(C)c1cc(C(=O)N2CCC(NC(=O)C3CCNC3)C2)n[nH]1. The van der Waals surface area contributed by atoms with E-state index in [0.717, 1.165) is 31.6 Å². The molecule has 2 aliphatic heterocycles. The van der Waals surface area contributed by atoms with Gasteiger partial charge in [0.05, 0.1) is 5.92 Å². The summed E-state index contributed by atoms with van der Waals surface area (Å²) >= 11 is 0. The Morgan fingerprint density at radius 1 is 1.39 bits per heavy atom. The van der Waals surface area contributed by atoms with Gasteiger partial charge in [0.1, 0.15) is 5.69 Å².